The average Bonchev–Trinajstić information content (AvgIpc) is 3.46. The fraction of sp³-hybridized carbons (Fsp3) is 0.278. The smallest absolute Gasteiger partial charge is 0.262 e. The second kappa shape index (κ2) is 6.08. The predicted octanol–water partition coefficient (Wildman–Crippen LogP) is 1.27. The largest absolute Gasteiger partial charge is 0.349 e. The van der Waals surface area contributed by atoms with Gasteiger partial charge in [-0.3, -0.25) is 19.3 Å². The predicted molar refractivity (Wildman–Crippen MR) is 87.7 cm³/mol. The molecule has 0 spiro atoms. The van der Waals surface area contributed by atoms with Gasteiger partial charge in [-0.2, -0.15) is 0 Å². The average molecular weight is 336 g/mol. The summed E-state index contributed by atoms with van der Waals surface area (Å²) < 4.78 is 0. The maximum atomic E-state index is 12.2. The van der Waals surface area contributed by atoms with Crippen LogP contribution >= 0.6 is 0 Å². The van der Waals surface area contributed by atoms with Crippen LogP contribution in [0.2, 0.25) is 0 Å². The van der Waals surface area contributed by atoms with Gasteiger partial charge in [-0.25, -0.2) is 9.97 Å². The second-order valence-electron chi connectivity index (χ2n) is 6.23. The molecule has 1 fully saturated rings. The third-order valence-corrected chi connectivity index (χ3v) is 4.39. The van der Waals surface area contributed by atoms with E-state index in [1.165, 1.54) is 6.33 Å². The van der Waals surface area contributed by atoms with Crippen molar-refractivity contribution in [1.29, 1.82) is 0 Å². The highest BCUT2D eigenvalue weighted by Crippen LogP contribution is 2.38. The molecule has 2 aromatic rings. The van der Waals surface area contributed by atoms with Crippen LogP contribution < -0.4 is 5.32 Å². The monoisotopic (exact) mass is 336 g/mol. The molecule has 7 heteroatoms. The molecule has 1 aromatic carbocycles. The van der Waals surface area contributed by atoms with Crippen LogP contribution in [0.3, 0.4) is 0 Å². The molecule has 1 aliphatic heterocycles. The van der Waals surface area contributed by atoms with E-state index in [1.807, 2.05) is 6.07 Å². The van der Waals surface area contributed by atoms with Gasteiger partial charge in [0.1, 0.15) is 12.9 Å². The number of imide groups is 1. The Balaban J connectivity index is 1.37. The summed E-state index contributed by atoms with van der Waals surface area (Å²) in [5, 5.41) is 2.70. The molecule has 0 radical (unpaired) electrons. The van der Waals surface area contributed by atoms with E-state index in [0.29, 0.717) is 22.7 Å². The number of hydrogen-bond donors (Lipinski definition) is 1. The van der Waals surface area contributed by atoms with Gasteiger partial charge in [0.05, 0.1) is 23.4 Å². The zero-order chi connectivity index (χ0) is 17.4. The molecule has 0 unspecified atom stereocenters. The molecule has 4 rings (SSSR count). The fourth-order valence-corrected chi connectivity index (χ4v) is 2.89. The van der Waals surface area contributed by atoms with E-state index >= 15 is 0 Å². The molecule has 7 nitrogen and oxygen atoms in total. The third-order valence-electron chi connectivity index (χ3n) is 4.39. The fourth-order valence-electron chi connectivity index (χ4n) is 2.89. The number of carbonyl (C=O) groups is 3. The van der Waals surface area contributed by atoms with Crippen LogP contribution in [0.15, 0.2) is 36.7 Å². The van der Waals surface area contributed by atoms with E-state index in [2.05, 4.69) is 15.3 Å². The first-order chi connectivity index (χ1) is 12.1. The number of fused-ring (bicyclic) bond motifs is 1. The maximum Gasteiger partial charge on any atom is 0.262 e. The zero-order valence-corrected chi connectivity index (χ0v) is 13.4. The lowest BCUT2D eigenvalue weighted by molar-refractivity contribution is -0.121. The van der Waals surface area contributed by atoms with E-state index in [0.717, 1.165) is 23.4 Å². The minimum absolute atomic E-state index is 0.240. The first-order valence-electron chi connectivity index (χ1n) is 8.16. The quantitative estimate of drug-likeness (QED) is 0.830. The Labute approximate surface area is 144 Å². The molecule has 2 aliphatic rings. The minimum atomic E-state index is -0.436. The highest BCUT2D eigenvalue weighted by atomic mass is 16.2. The van der Waals surface area contributed by atoms with Crippen molar-refractivity contribution in [2.75, 3.05) is 6.54 Å². The van der Waals surface area contributed by atoms with Crippen molar-refractivity contribution in [2.24, 2.45) is 0 Å². The van der Waals surface area contributed by atoms with Crippen LogP contribution in [-0.4, -0.2) is 39.1 Å². The van der Waals surface area contributed by atoms with Gasteiger partial charge in [-0.1, -0.05) is 12.1 Å². The topological polar surface area (TPSA) is 92.3 Å². The van der Waals surface area contributed by atoms with Crippen molar-refractivity contribution in [1.82, 2.24) is 20.2 Å². The van der Waals surface area contributed by atoms with Gasteiger partial charge in [-0.05, 0) is 31.0 Å². The summed E-state index contributed by atoms with van der Waals surface area (Å²) in [6, 6.07) is 8.46. The number of rotatable bonds is 5. The number of amides is 3. The minimum Gasteiger partial charge on any atom is -0.349 e. The van der Waals surface area contributed by atoms with Gasteiger partial charge in [0.15, 0.2) is 0 Å². The highest BCUT2D eigenvalue weighted by Gasteiger charge is 2.36. The number of carbonyl (C=O) groups excluding carboxylic acids is 3. The van der Waals surface area contributed by atoms with Gasteiger partial charge in [0, 0.05) is 11.6 Å². The molecular weight excluding hydrogens is 320 g/mol. The van der Waals surface area contributed by atoms with Crippen molar-refractivity contribution in [2.45, 2.75) is 25.3 Å². The normalized spacial score (nSPS) is 16.1. The Kier molecular flexibility index (Phi) is 3.76. The van der Waals surface area contributed by atoms with E-state index in [1.54, 1.807) is 24.3 Å². The number of benzene rings is 1. The summed E-state index contributed by atoms with van der Waals surface area (Å²) in [5.41, 5.74) is 2.39. The van der Waals surface area contributed by atoms with Gasteiger partial charge in [0.25, 0.3) is 11.8 Å². The molecule has 126 valence electrons. The number of aromatic nitrogens is 2. The van der Waals surface area contributed by atoms with Crippen LogP contribution in [0.5, 0.6) is 0 Å². The molecular formula is C18H16N4O3. The Bertz CT molecular complexity index is 841. The first kappa shape index (κ1) is 15.4. The van der Waals surface area contributed by atoms with E-state index in [4.69, 9.17) is 0 Å². The molecule has 1 aromatic heterocycles. The van der Waals surface area contributed by atoms with Crippen LogP contribution in [-0.2, 0) is 11.3 Å². The van der Waals surface area contributed by atoms with Crippen molar-refractivity contribution >= 4 is 17.7 Å². The summed E-state index contributed by atoms with van der Waals surface area (Å²) >= 11 is 0. The molecule has 1 aliphatic carbocycles. The summed E-state index contributed by atoms with van der Waals surface area (Å²) in [7, 11) is 0. The van der Waals surface area contributed by atoms with E-state index in [9.17, 15) is 14.4 Å². The summed E-state index contributed by atoms with van der Waals surface area (Å²) in [6.45, 7) is -0.0584. The van der Waals surface area contributed by atoms with E-state index < -0.39 is 17.7 Å². The second-order valence-corrected chi connectivity index (χ2v) is 6.23. The Morgan fingerprint density at radius 2 is 1.80 bits per heavy atom. The molecule has 25 heavy (non-hydrogen) atoms. The SMILES string of the molecule is O=C(CN1C(=O)c2ccccc2C1=O)NCc1cc(C2CC2)ncn1. The molecule has 1 N–H and O–H groups in total. The lowest BCUT2D eigenvalue weighted by Crippen LogP contribution is -2.40. The van der Waals surface area contributed by atoms with Gasteiger partial charge in [0.2, 0.25) is 5.91 Å². The van der Waals surface area contributed by atoms with Gasteiger partial charge >= 0.3 is 0 Å². The molecule has 3 amide bonds. The highest BCUT2D eigenvalue weighted by molar-refractivity contribution is 6.22. The lowest BCUT2D eigenvalue weighted by Gasteiger charge is -2.13. The molecule has 1 saturated carbocycles. The maximum absolute atomic E-state index is 12.2. The number of nitrogens with one attached hydrogen (secondary N) is 1. The Hall–Kier alpha value is -3.09. The number of hydrogen-bond acceptors (Lipinski definition) is 5. The van der Waals surface area contributed by atoms with Crippen LogP contribution in [0, 0.1) is 0 Å². The first-order valence-corrected chi connectivity index (χ1v) is 8.16. The van der Waals surface area contributed by atoms with Crippen LogP contribution in [0.1, 0.15) is 50.9 Å². The standard InChI is InChI=1S/C18H16N4O3/c23-16(19-8-12-7-15(11-5-6-11)21-10-20-12)9-22-17(24)13-3-1-2-4-14(13)18(22)25/h1-4,7,10-11H,5-6,8-9H2,(H,19,23). The zero-order valence-electron chi connectivity index (χ0n) is 13.4. The van der Waals surface area contributed by atoms with Crippen molar-refractivity contribution < 1.29 is 14.4 Å². The number of nitrogens with zero attached hydrogens (tertiary/aromatic N) is 3. The van der Waals surface area contributed by atoms with Crippen LogP contribution in [0.25, 0.3) is 0 Å². The third kappa shape index (κ3) is 3.00. The molecule has 0 atom stereocenters. The molecule has 0 bridgehead atoms. The van der Waals surface area contributed by atoms with Crippen molar-refractivity contribution in [3.05, 3.63) is 59.2 Å². The summed E-state index contributed by atoms with van der Waals surface area (Å²) in [6.07, 6.45) is 3.78. The Morgan fingerprint density at radius 1 is 1.12 bits per heavy atom. The summed E-state index contributed by atoms with van der Waals surface area (Å²) in [5.74, 6) is -0.764. The van der Waals surface area contributed by atoms with Gasteiger partial charge in [-0.15, -0.1) is 0 Å². The lowest BCUT2D eigenvalue weighted by atomic mass is 10.1. The van der Waals surface area contributed by atoms with Gasteiger partial charge < -0.3 is 5.32 Å². The van der Waals surface area contributed by atoms with E-state index in [-0.39, 0.29) is 13.1 Å². The molecule has 2 heterocycles. The van der Waals surface area contributed by atoms with Crippen molar-refractivity contribution in [3.8, 4) is 0 Å². The van der Waals surface area contributed by atoms with Crippen LogP contribution in [0.4, 0.5) is 0 Å². The Morgan fingerprint density at radius 3 is 2.44 bits per heavy atom. The van der Waals surface area contributed by atoms with Crippen molar-refractivity contribution in [3.63, 3.8) is 0 Å². The molecule has 0 saturated heterocycles. The summed E-state index contributed by atoms with van der Waals surface area (Å²) in [4.78, 5) is 46.0.